The van der Waals surface area contributed by atoms with Crippen molar-refractivity contribution in [1.82, 2.24) is 5.32 Å². The van der Waals surface area contributed by atoms with Crippen LogP contribution >= 0.6 is 0 Å². The highest BCUT2D eigenvalue weighted by Gasteiger charge is 2.11. The van der Waals surface area contributed by atoms with Gasteiger partial charge in [0.2, 0.25) is 0 Å². The van der Waals surface area contributed by atoms with Crippen LogP contribution in [0.15, 0.2) is 48.5 Å². The van der Waals surface area contributed by atoms with E-state index in [9.17, 15) is 4.79 Å². The normalized spacial score (nSPS) is 12.0. The number of hydrogen-bond acceptors (Lipinski definition) is 3. The number of nitrogens with two attached hydrogens (primary N) is 1. The fourth-order valence-electron chi connectivity index (χ4n) is 2.27. The molecule has 24 heavy (non-hydrogen) atoms. The fourth-order valence-corrected chi connectivity index (χ4v) is 2.27. The lowest BCUT2D eigenvalue weighted by atomic mass is 10.1. The molecule has 2 aromatic rings. The third-order valence-corrected chi connectivity index (χ3v) is 3.76. The smallest absolute Gasteiger partial charge is 0.251 e. The Hall–Kier alpha value is -2.33. The highest BCUT2D eigenvalue weighted by atomic mass is 16.5. The van der Waals surface area contributed by atoms with Gasteiger partial charge in [0.15, 0.2) is 0 Å². The van der Waals surface area contributed by atoms with Crippen LogP contribution in [0.1, 0.15) is 48.3 Å². The zero-order chi connectivity index (χ0) is 17.5. The van der Waals surface area contributed by atoms with Gasteiger partial charge in [0, 0.05) is 12.1 Å². The van der Waals surface area contributed by atoms with Gasteiger partial charge in [-0.3, -0.25) is 4.79 Å². The zero-order valence-corrected chi connectivity index (χ0v) is 14.6. The largest absolute Gasteiger partial charge is 0.493 e. The summed E-state index contributed by atoms with van der Waals surface area (Å²) in [5.41, 5.74) is 8.26. The minimum absolute atomic E-state index is 0.0779. The second-order valence-electron chi connectivity index (χ2n) is 6.37. The molecule has 0 aromatic heterocycles. The number of rotatable bonds is 7. The van der Waals surface area contributed by atoms with E-state index in [-0.39, 0.29) is 11.9 Å². The van der Waals surface area contributed by atoms with E-state index >= 15 is 0 Å². The highest BCUT2D eigenvalue weighted by molar-refractivity contribution is 5.94. The van der Waals surface area contributed by atoms with Gasteiger partial charge in [0.1, 0.15) is 5.75 Å². The number of nitrogens with one attached hydrogen (secondary N) is 1. The first kappa shape index (κ1) is 18.0. The molecule has 1 atom stereocenters. The third kappa shape index (κ3) is 5.10. The Kier molecular flexibility index (Phi) is 6.38. The van der Waals surface area contributed by atoms with Crippen molar-refractivity contribution in [3.63, 3.8) is 0 Å². The number of amides is 1. The summed E-state index contributed by atoms with van der Waals surface area (Å²) in [6.07, 6.45) is 0. The Labute approximate surface area is 144 Å². The molecule has 0 saturated heterocycles. The van der Waals surface area contributed by atoms with Crippen LogP contribution in [0.25, 0.3) is 0 Å². The van der Waals surface area contributed by atoms with E-state index in [2.05, 4.69) is 19.2 Å². The molecule has 4 heteroatoms. The van der Waals surface area contributed by atoms with E-state index < -0.39 is 0 Å². The first-order valence-electron chi connectivity index (χ1n) is 8.32. The molecular formula is C20H26N2O2. The second-order valence-corrected chi connectivity index (χ2v) is 6.37. The van der Waals surface area contributed by atoms with E-state index in [1.807, 2.05) is 43.3 Å². The Bertz CT molecular complexity index is 648. The van der Waals surface area contributed by atoms with Crippen LogP contribution < -0.4 is 15.8 Å². The predicted octanol–water partition coefficient (Wildman–Crippen LogP) is 3.67. The fraction of sp³-hybridized carbons (Fsp3) is 0.350. The summed E-state index contributed by atoms with van der Waals surface area (Å²) >= 11 is 0. The summed E-state index contributed by atoms with van der Waals surface area (Å²) in [7, 11) is 0. The molecule has 0 bridgehead atoms. The van der Waals surface area contributed by atoms with Crippen molar-refractivity contribution in [1.29, 1.82) is 0 Å². The van der Waals surface area contributed by atoms with Crippen molar-refractivity contribution in [2.75, 3.05) is 6.61 Å². The Balaban J connectivity index is 1.95. The Morgan fingerprint density at radius 2 is 1.67 bits per heavy atom. The molecule has 2 aromatic carbocycles. The van der Waals surface area contributed by atoms with Gasteiger partial charge in [-0.2, -0.15) is 0 Å². The maximum absolute atomic E-state index is 12.3. The first-order chi connectivity index (χ1) is 11.5. The van der Waals surface area contributed by atoms with Crippen LogP contribution in [0.3, 0.4) is 0 Å². The standard InChI is InChI=1S/C20H26N2O2/c1-14(2)13-24-19-10-8-17(9-11-19)15(3)22-20(23)18-6-4-16(12-21)5-7-18/h4-11,14-15H,12-13,21H2,1-3H3,(H,22,23). The van der Waals surface area contributed by atoms with Gasteiger partial charge in [-0.25, -0.2) is 0 Å². The van der Waals surface area contributed by atoms with Crippen LogP contribution in [0, 0.1) is 5.92 Å². The lowest BCUT2D eigenvalue weighted by molar-refractivity contribution is 0.0940. The molecule has 1 unspecified atom stereocenters. The molecule has 0 aliphatic heterocycles. The lowest BCUT2D eigenvalue weighted by Gasteiger charge is -2.15. The summed E-state index contributed by atoms with van der Waals surface area (Å²) in [5, 5.41) is 3.01. The summed E-state index contributed by atoms with van der Waals surface area (Å²) in [6.45, 7) is 7.38. The molecule has 0 saturated carbocycles. The monoisotopic (exact) mass is 326 g/mol. The van der Waals surface area contributed by atoms with Crippen molar-refractivity contribution < 1.29 is 9.53 Å². The van der Waals surface area contributed by atoms with Crippen LogP contribution in [0.4, 0.5) is 0 Å². The maximum Gasteiger partial charge on any atom is 0.251 e. The Morgan fingerprint density at radius 1 is 1.04 bits per heavy atom. The Morgan fingerprint density at radius 3 is 2.21 bits per heavy atom. The van der Waals surface area contributed by atoms with Crippen molar-refractivity contribution in [3.05, 3.63) is 65.2 Å². The quantitative estimate of drug-likeness (QED) is 0.816. The van der Waals surface area contributed by atoms with Crippen LogP contribution in [0.5, 0.6) is 5.75 Å². The molecule has 0 aliphatic rings. The SMILES string of the molecule is CC(C)COc1ccc(C(C)NC(=O)c2ccc(CN)cc2)cc1. The van der Waals surface area contributed by atoms with Gasteiger partial charge >= 0.3 is 0 Å². The van der Waals surface area contributed by atoms with Crippen molar-refractivity contribution in [2.24, 2.45) is 11.7 Å². The van der Waals surface area contributed by atoms with Crippen molar-refractivity contribution in [2.45, 2.75) is 33.4 Å². The van der Waals surface area contributed by atoms with Gasteiger partial charge in [0.25, 0.3) is 5.91 Å². The molecule has 2 rings (SSSR count). The number of ether oxygens (including phenoxy) is 1. The maximum atomic E-state index is 12.3. The number of benzene rings is 2. The average molecular weight is 326 g/mol. The first-order valence-corrected chi connectivity index (χ1v) is 8.32. The summed E-state index contributed by atoms with van der Waals surface area (Å²) in [5.74, 6) is 1.25. The highest BCUT2D eigenvalue weighted by Crippen LogP contribution is 2.18. The van der Waals surface area contributed by atoms with E-state index in [0.717, 1.165) is 16.9 Å². The molecule has 128 valence electrons. The minimum Gasteiger partial charge on any atom is -0.493 e. The van der Waals surface area contributed by atoms with Gasteiger partial charge in [-0.15, -0.1) is 0 Å². The lowest BCUT2D eigenvalue weighted by Crippen LogP contribution is -2.26. The third-order valence-electron chi connectivity index (χ3n) is 3.76. The zero-order valence-electron chi connectivity index (χ0n) is 14.6. The number of carbonyl (C=O) groups is 1. The van der Waals surface area contributed by atoms with Gasteiger partial charge in [-0.1, -0.05) is 38.1 Å². The topological polar surface area (TPSA) is 64.3 Å². The van der Waals surface area contributed by atoms with E-state index in [0.29, 0.717) is 24.6 Å². The molecular weight excluding hydrogens is 300 g/mol. The summed E-state index contributed by atoms with van der Waals surface area (Å²) in [6, 6.07) is 15.1. The predicted molar refractivity (Wildman–Crippen MR) is 97.0 cm³/mol. The van der Waals surface area contributed by atoms with Crippen LogP contribution in [-0.4, -0.2) is 12.5 Å². The van der Waals surface area contributed by atoms with E-state index in [1.54, 1.807) is 12.1 Å². The van der Waals surface area contributed by atoms with Crippen LogP contribution in [0.2, 0.25) is 0 Å². The van der Waals surface area contributed by atoms with E-state index in [4.69, 9.17) is 10.5 Å². The molecule has 1 amide bonds. The van der Waals surface area contributed by atoms with Crippen molar-refractivity contribution >= 4 is 5.91 Å². The van der Waals surface area contributed by atoms with E-state index in [1.165, 1.54) is 0 Å². The number of hydrogen-bond donors (Lipinski definition) is 2. The average Bonchev–Trinajstić information content (AvgIpc) is 2.60. The second kappa shape index (κ2) is 8.50. The van der Waals surface area contributed by atoms with Crippen molar-refractivity contribution in [3.8, 4) is 5.75 Å². The number of carbonyl (C=O) groups excluding carboxylic acids is 1. The molecule has 0 aliphatic carbocycles. The molecule has 0 radical (unpaired) electrons. The molecule has 4 nitrogen and oxygen atoms in total. The van der Waals surface area contributed by atoms with Crippen LogP contribution in [-0.2, 0) is 6.54 Å². The van der Waals surface area contributed by atoms with Gasteiger partial charge < -0.3 is 15.8 Å². The molecule has 0 spiro atoms. The minimum atomic E-state index is -0.0915. The summed E-state index contributed by atoms with van der Waals surface area (Å²) < 4.78 is 5.68. The molecule has 0 heterocycles. The summed E-state index contributed by atoms with van der Waals surface area (Å²) in [4.78, 5) is 12.3. The molecule has 0 fully saturated rings. The molecule has 3 N–H and O–H groups in total. The van der Waals surface area contributed by atoms with Gasteiger partial charge in [0.05, 0.1) is 12.6 Å². The van der Waals surface area contributed by atoms with Gasteiger partial charge in [-0.05, 0) is 48.2 Å².